The Hall–Kier alpha value is -1.76. The van der Waals surface area contributed by atoms with E-state index in [0.29, 0.717) is 24.2 Å². The Morgan fingerprint density at radius 2 is 2.22 bits per heavy atom. The summed E-state index contributed by atoms with van der Waals surface area (Å²) in [4.78, 5) is 19.1. The van der Waals surface area contributed by atoms with E-state index in [1.165, 1.54) is 0 Å². The van der Waals surface area contributed by atoms with E-state index in [1.807, 2.05) is 18.2 Å². The molecular formula is C17H21N3O3. The van der Waals surface area contributed by atoms with Crippen LogP contribution in [0.25, 0.3) is 10.9 Å². The van der Waals surface area contributed by atoms with Gasteiger partial charge in [-0.05, 0) is 31.4 Å². The molecule has 3 atom stereocenters. The van der Waals surface area contributed by atoms with Gasteiger partial charge in [-0.3, -0.25) is 14.3 Å². The number of para-hydroxylation sites is 1. The summed E-state index contributed by atoms with van der Waals surface area (Å²) >= 11 is 0. The summed E-state index contributed by atoms with van der Waals surface area (Å²) in [5.74, 6) is 0. The highest BCUT2D eigenvalue weighted by atomic mass is 16.5. The summed E-state index contributed by atoms with van der Waals surface area (Å²) in [6.45, 7) is 1.99. The van der Waals surface area contributed by atoms with Crippen LogP contribution in [-0.2, 0) is 11.3 Å². The first-order valence-corrected chi connectivity index (χ1v) is 8.20. The van der Waals surface area contributed by atoms with Crippen LogP contribution in [0.3, 0.4) is 0 Å². The second-order valence-electron chi connectivity index (χ2n) is 6.46. The average Bonchev–Trinajstić information content (AvgIpc) is 2.58. The fraction of sp³-hybridized carbons (Fsp3) is 0.529. The maximum atomic E-state index is 12.6. The van der Waals surface area contributed by atoms with Crippen LogP contribution >= 0.6 is 0 Å². The highest BCUT2D eigenvalue weighted by Gasteiger charge is 2.36. The van der Waals surface area contributed by atoms with Crippen molar-refractivity contribution in [3.63, 3.8) is 0 Å². The lowest BCUT2D eigenvalue weighted by atomic mass is 9.93. The molecule has 0 radical (unpaired) electrons. The number of nitrogens with zero attached hydrogens (tertiary/aromatic N) is 3. The first kappa shape index (κ1) is 14.8. The van der Waals surface area contributed by atoms with Crippen molar-refractivity contribution in [1.29, 1.82) is 0 Å². The molecule has 2 fully saturated rings. The highest BCUT2D eigenvalue weighted by Crippen LogP contribution is 2.26. The zero-order chi connectivity index (χ0) is 15.8. The predicted octanol–water partition coefficient (Wildman–Crippen LogP) is 0.968. The second kappa shape index (κ2) is 6.03. The van der Waals surface area contributed by atoms with Gasteiger partial charge in [0.15, 0.2) is 0 Å². The monoisotopic (exact) mass is 315 g/mol. The lowest BCUT2D eigenvalue weighted by Gasteiger charge is -2.44. The Morgan fingerprint density at radius 1 is 1.35 bits per heavy atom. The topological polar surface area (TPSA) is 67.6 Å². The van der Waals surface area contributed by atoms with Crippen LogP contribution in [0.1, 0.15) is 19.3 Å². The normalized spacial score (nSPS) is 28.7. The minimum Gasteiger partial charge on any atom is -0.391 e. The van der Waals surface area contributed by atoms with E-state index in [4.69, 9.17) is 4.74 Å². The fourth-order valence-corrected chi connectivity index (χ4v) is 3.69. The molecular weight excluding hydrogens is 294 g/mol. The minimum atomic E-state index is -0.290. The number of ether oxygens (including phenoxy) is 1. The van der Waals surface area contributed by atoms with Gasteiger partial charge < -0.3 is 9.84 Å². The molecule has 0 aliphatic carbocycles. The van der Waals surface area contributed by atoms with Crippen molar-refractivity contribution in [3.05, 3.63) is 40.9 Å². The van der Waals surface area contributed by atoms with E-state index in [1.54, 1.807) is 17.0 Å². The van der Waals surface area contributed by atoms with Crippen LogP contribution in [0, 0.1) is 0 Å². The summed E-state index contributed by atoms with van der Waals surface area (Å²) in [5.41, 5.74) is 0.679. The van der Waals surface area contributed by atoms with Crippen molar-refractivity contribution in [2.24, 2.45) is 0 Å². The van der Waals surface area contributed by atoms with Gasteiger partial charge in [0.05, 0.1) is 42.7 Å². The van der Waals surface area contributed by atoms with Crippen LogP contribution in [0.4, 0.5) is 0 Å². The van der Waals surface area contributed by atoms with Gasteiger partial charge in [0.25, 0.3) is 5.56 Å². The summed E-state index contributed by atoms with van der Waals surface area (Å²) in [6, 6.07) is 7.52. The second-order valence-corrected chi connectivity index (χ2v) is 6.46. The first-order valence-electron chi connectivity index (χ1n) is 8.20. The van der Waals surface area contributed by atoms with Crippen LogP contribution in [0.5, 0.6) is 0 Å². The number of aliphatic hydroxyl groups is 1. The Morgan fingerprint density at radius 3 is 3.13 bits per heavy atom. The maximum absolute atomic E-state index is 12.6. The summed E-state index contributed by atoms with van der Waals surface area (Å²) in [7, 11) is 0. The SMILES string of the molecule is O=c1c2ccccc2ncn1C[C@H]1C[C@H]2[C@@H](O)CCCN2CO1. The zero-order valence-corrected chi connectivity index (χ0v) is 13.0. The van der Waals surface area contributed by atoms with Crippen LogP contribution in [0.15, 0.2) is 35.4 Å². The van der Waals surface area contributed by atoms with Crippen molar-refractivity contribution in [1.82, 2.24) is 14.5 Å². The molecule has 1 aromatic carbocycles. The third kappa shape index (κ3) is 2.78. The van der Waals surface area contributed by atoms with Crippen molar-refractivity contribution in [2.75, 3.05) is 13.3 Å². The van der Waals surface area contributed by atoms with Crippen LogP contribution in [0.2, 0.25) is 0 Å². The Bertz CT molecular complexity index is 760. The molecule has 2 aliphatic heterocycles. The molecule has 3 heterocycles. The third-order valence-electron chi connectivity index (χ3n) is 4.97. The number of rotatable bonds is 2. The Kier molecular flexibility index (Phi) is 3.88. The molecule has 0 spiro atoms. The van der Waals surface area contributed by atoms with Gasteiger partial charge in [-0.1, -0.05) is 12.1 Å². The van der Waals surface area contributed by atoms with Crippen molar-refractivity contribution in [3.8, 4) is 0 Å². The van der Waals surface area contributed by atoms with Crippen molar-refractivity contribution in [2.45, 2.75) is 44.1 Å². The van der Waals surface area contributed by atoms with Gasteiger partial charge in [0.2, 0.25) is 0 Å². The predicted molar refractivity (Wildman–Crippen MR) is 86.1 cm³/mol. The van der Waals surface area contributed by atoms with Crippen molar-refractivity contribution < 1.29 is 9.84 Å². The lowest BCUT2D eigenvalue weighted by molar-refractivity contribution is -0.141. The molecule has 4 rings (SSSR count). The van der Waals surface area contributed by atoms with Gasteiger partial charge in [-0.15, -0.1) is 0 Å². The van der Waals surface area contributed by atoms with Gasteiger partial charge in [0, 0.05) is 12.6 Å². The molecule has 0 saturated carbocycles. The van der Waals surface area contributed by atoms with Gasteiger partial charge in [-0.25, -0.2) is 4.98 Å². The molecule has 2 saturated heterocycles. The zero-order valence-electron chi connectivity index (χ0n) is 13.0. The number of fused-ring (bicyclic) bond motifs is 2. The molecule has 6 heteroatoms. The molecule has 1 N–H and O–H groups in total. The fourth-order valence-electron chi connectivity index (χ4n) is 3.69. The number of aliphatic hydroxyl groups excluding tert-OH is 1. The van der Waals surface area contributed by atoms with E-state index >= 15 is 0 Å². The molecule has 0 bridgehead atoms. The average molecular weight is 315 g/mol. The highest BCUT2D eigenvalue weighted by molar-refractivity contribution is 5.76. The number of hydrogen-bond acceptors (Lipinski definition) is 5. The van der Waals surface area contributed by atoms with Crippen molar-refractivity contribution >= 4 is 10.9 Å². The molecule has 23 heavy (non-hydrogen) atoms. The quantitative estimate of drug-likeness (QED) is 0.894. The van der Waals surface area contributed by atoms with Gasteiger partial charge in [-0.2, -0.15) is 0 Å². The first-order chi connectivity index (χ1) is 11.2. The van der Waals surface area contributed by atoms with Crippen LogP contribution < -0.4 is 5.56 Å². The van der Waals surface area contributed by atoms with E-state index < -0.39 is 0 Å². The maximum Gasteiger partial charge on any atom is 0.261 e. The van der Waals surface area contributed by atoms with Gasteiger partial charge >= 0.3 is 0 Å². The van der Waals surface area contributed by atoms with E-state index in [0.717, 1.165) is 25.8 Å². The summed E-state index contributed by atoms with van der Waals surface area (Å²) in [5, 5.41) is 10.8. The third-order valence-corrected chi connectivity index (χ3v) is 4.97. The molecule has 0 unspecified atom stereocenters. The number of piperidine rings is 1. The molecule has 122 valence electrons. The Balaban J connectivity index is 1.54. The molecule has 1 aromatic heterocycles. The molecule has 0 amide bonds. The molecule has 2 aromatic rings. The lowest BCUT2D eigenvalue weighted by Crippen LogP contribution is -2.55. The van der Waals surface area contributed by atoms with Gasteiger partial charge in [0.1, 0.15) is 0 Å². The molecule has 2 aliphatic rings. The standard InChI is InChI=1S/C17H21N3O3/c21-16-6-3-7-19-11-23-12(8-15(16)19)9-20-10-18-14-5-2-1-4-13(14)17(20)22/h1-2,4-5,10,12,15-16,21H,3,6-9,11H2/t12-,15+,16+/m1/s1. The van der Waals surface area contributed by atoms with E-state index in [2.05, 4.69) is 9.88 Å². The minimum absolute atomic E-state index is 0.0363. The smallest absolute Gasteiger partial charge is 0.261 e. The summed E-state index contributed by atoms with van der Waals surface area (Å²) in [6.07, 6.45) is 3.86. The van der Waals surface area contributed by atoms with Crippen LogP contribution in [-0.4, -0.2) is 51.1 Å². The number of benzene rings is 1. The molecule has 6 nitrogen and oxygen atoms in total. The van der Waals surface area contributed by atoms with E-state index in [-0.39, 0.29) is 23.8 Å². The Labute approximate surface area is 134 Å². The number of hydrogen-bond donors (Lipinski definition) is 1. The number of aromatic nitrogens is 2. The largest absolute Gasteiger partial charge is 0.391 e. The van der Waals surface area contributed by atoms with E-state index in [9.17, 15) is 9.90 Å². The summed E-state index contributed by atoms with van der Waals surface area (Å²) < 4.78 is 7.52.